The Morgan fingerprint density at radius 1 is 1.17 bits per heavy atom. The molecule has 0 spiro atoms. The number of methoxy groups -OCH3 is 2. The Bertz CT molecular complexity index is 1240. The summed E-state index contributed by atoms with van der Waals surface area (Å²) in [5, 5.41) is 21.6. The molecule has 30 heavy (non-hydrogen) atoms. The summed E-state index contributed by atoms with van der Waals surface area (Å²) in [6.07, 6.45) is 4.79. The highest BCUT2D eigenvalue weighted by molar-refractivity contribution is 6.41. The number of aromatic nitrogens is 5. The molecule has 11 heteroatoms. The fraction of sp³-hybridized carbons (Fsp3) is 0.158. The molecule has 0 bridgehead atoms. The maximum absolute atomic E-state index is 10.9. The van der Waals surface area contributed by atoms with Gasteiger partial charge in [0.05, 0.1) is 41.7 Å². The fourth-order valence-electron chi connectivity index (χ4n) is 3.09. The number of carboxylic acids is 1. The second-order valence-electron chi connectivity index (χ2n) is 6.29. The summed E-state index contributed by atoms with van der Waals surface area (Å²) < 4.78 is 11.9. The first-order chi connectivity index (χ1) is 14.4. The molecule has 4 aromatic rings. The third-order valence-corrected chi connectivity index (χ3v) is 5.23. The molecule has 0 radical (unpaired) electrons. The molecular weight excluding hydrogens is 433 g/mol. The van der Waals surface area contributed by atoms with Crippen molar-refractivity contribution in [2.45, 2.75) is 6.54 Å². The summed E-state index contributed by atoms with van der Waals surface area (Å²) in [6.45, 7) is -0.237. The SMILES string of the molecule is COc1cc(OC)c(Cl)c(-c2cc3[nH]nc(-c4cnn(CC(=O)O)c4)c3cn2)c1Cl. The Labute approximate surface area is 180 Å². The number of rotatable bonds is 6. The van der Waals surface area contributed by atoms with Gasteiger partial charge in [0.15, 0.2) is 0 Å². The van der Waals surface area contributed by atoms with Crippen molar-refractivity contribution in [1.82, 2.24) is 25.0 Å². The highest BCUT2D eigenvalue weighted by Gasteiger charge is 2.21. The monoisotopic (exact) mass is 447 g/mol. The second-order valence-corrected chi connectivity index (χ2v) is 7.05. The number of benzene rings is 1. The van der Waals surface area contributed by atoms with Crippen LogP contribution in [0.5, 0.6) is 11.5 Å². The average molecular weight is 448 g/mol. The zero-order chi connectivity index (χ0) is 21.4. The van der Waals surface area contributed by atoms with Gasteiger partial charge in [0.1, 0.15) is 23.7 Å². The van der Waals surface area contributed by atoms with Crippen LogP contribution in [0.1, 0.15) is 0 Å². The largest absolute Gasteiger partial charge is 0.495 e. The van der Waals surface area contributed by atoms with Crippen molar-refractivity contribution >= 4 is 40.1 Å². The molecular formula is C19H15Cl2N5O4. The number of ether oxygens (including phenoxy) is 2. The first-order valence-corrected chi connectivity index (χ1v) is 9.37. The number of aliphatic carboxylic acids is 1. The van der Waals surface area contributed by atoms with Gasteiger partial charge >= 0.3 is 5.97 Å². The number of carboxylic acid groups (broad SMARTS) is 1. The van der Waals surface area contributed by atoms with Gasteiger partial charge < -0.3 is 14.6 Å². The summed E-state index contributed by atoms with van der Waals surface area (Å²) in [5.41, 5.74) is 2.93. The Hall–Kier alpha value is -3.30. The molecule has 0 aliphatic rings. The average Bonchev–Trinajstić information content (AvgIpc) is 3.34. The van der Waals surface area contributed by atoms with Crippen LogP contribution in [0.25, 0.3) is 33.4 Å². The van der Waals surface area contributed by atoms with E-state index >= 15 is 0 Å². The predicted octanol–water partition coefficient (Wildman–Crippen LogP) is 3.90. The Kier molecular flexibility index (Phi) is 5.23. The summed E-state index contributed by atoms with van der Waals surface area (Å²) in [7, 11) is 3.00. The molecule has 1 aromatic carbocycles. The van der Waals surface area contributed by atoms with E-state index in [2.05, 4.69) is 20.3 Å². The van der Waals surface area contributed by atoms with Crippen molar-refractivity contribution in [3.05, 3.63) is 40.8 Å². The number of halogens is 2. The molecule has 9 nitrogen and oxygen atoms in total. The number of carbonyl (C=O) groups is 1. The van der Waals surface area contributed by atoms with Gasteiger partial charge in [0.2, 0.25) is 0 Å². The van der Waals surface area contributed by atoms with Crippen LogP contribution in [-0.2, 0) is 11.3 Å². The lowest BCUT2D eigenvalue weighted by Gasteiger charge is -2.14. The van der Waals surface area contributed by atoms with Crippen molar-refractivity contribution < 1.29 is 19.4 Å². The number of pyridine rings is 1. The molecule has 0 saturated heterocycles. The number of fused-ring (bicyclic) bond motifs is 1. The second kappa shape index (κ2) is 7.85. The van der Waals surface area contributed by atoms with Crippen molar-refractivity contribution in [3.63, 3.8) is 0 Å². The van der Waals surface area contributed by atoms with Gasteiger partial charge in [-0.15, -0.1) is 0 Å². The van der Waals surface area contributed by atoms with Gasteiger partial charge in [-0.25, -0.2) is 0 Å². The molecule has 154 valence electrons. The lowest BCUT2D eigenvalue weighted by molar-refractivity contribution is -0.137. The van der Waals surface area contributed by atoms with Gasteiger partial charge in [0.25, 0.3) is 0 Å². The lowest BCUT2D eigenvalue weighted by atomic mass is 10.1. The number of aromatic amines is 1. The topological polar surface area (TPSA) is 115 Å². The van der Waals surface area contributed by atoms with Crippen LogP contribution in [0.15, 0.2) is 30.7 Å². The number of H-pyrrole nitrogens is 1. The molecule has 0 saturated carbocycles. The number of hydrogen-bond donors (Lipinski definition) is 2. The van der Waals surface area contributed by atoms with Crippen LogP contribution in [0, 0.1) is 0 Å². The highest BCUT2D eigenvalue weighted by Crippen LogP contribution is 2.45. The van der Waals surface area contributed by atoms with Gasteiger partial charge in [-0.1, -0.05) is 23.2 Å². The van der Waals surface area contributed by atoms with Crippen molar-refractivity contribution in [1.29, 1.82) is 0 Å². The van der Waals surface area contributed by atoms with Crippen LogP contribution >= 0.6 is 23.2 Å². The minimum Gasteiger partial charge on any atom is -0.495 e. The van der Waals surface area contributed by atoms with E-state index in [1.807, 2.05) is 0 Å². The van der Waals surface area contributed by atoms with Crippen LogP contribution < -0.4 is 9.47 Å². The Morgan fingerprint density at radius 2 is 1.87 bits per heavy atom. The van der Waals surface area contributed by atoms with Crippen LogP contribution in [-0.4, -0.2) is 50.3 Å². The van der Waals surface area contributed by atoms with Crippen LogP contribution in [0.3, 0.4) is 0 Å². The van der Waals surface area contributed by atoms with E-state index < -0.39 is 5.97 Å². The molecule has 3 heterocycles. The van der Waals surface area contributed by atoms with Crippen molar-refractivity contribution in [2.24, 2.45) is 0 Å². The minimum atomic E-state index is -0.981. The van der Waals surface area contributed by atoms with Crippen LogP contribution in [0.2, 0.25) is 10.0 Å². The standard InChI is InChI=1S/C19H15Cl2N5O4/c1-29-13-4-14(30-2)18(21)16(17(13)20)12-3-11-10(6-22-12)19(25-24-11)9-5-23-26(7-9)8-15(27)28/h3-7H,8H2,1-2H3,(H,24,25)(H,27,28). The minimum absolute atomic E-state index is 0.237. The van der Waals surface area contributed by atoms with Gasteiger partial charge in [0, 0.05) is 35.0 Å². The van der Waals surface area contributed by atoms with Gasteiger partial charge in [-0.05, 0) is 6.07 Å². The lowest BCUT2D eigenvalue weighted by Crippen LogP contribution is -2.08. The van der Waals surface area contributed by atoms with E-state index in [0.29, 0.717) is 49.6 Å². The Balaban J connectivity index is 1.80. The molecule has 3 aromatic heterocycles. The molecule has 2 N–H and O–H groups in total. The first-order valence-electron chi connectivity index (χ1n) is 8.62. The summed E-state index contributed by atoms with van der Waals surface area (Å²) >= 11 is 13.0. The van der Waals surface area contributed by atoms with Crippen LogP contribution in [0.4, 0.5) is 0 Å². The smallest absolute Gasteiger partial charge is 0.325 e. The highest BCUT2D eigenvalue weighted by atomic mass is 35.5. The third kappa shape index (κ3) is 3.42. The summed E-state index contributed by atoms with van der Waals surface area (Å²) in [4.78, 5) is 15.4. The van der Waals surface area contributed by atoms with Gasteiger partial charge in [-0.2, -0.15) is 10.2 Å². The summed E-state index contributed by atoms with van der Waals surface area (Å²) in [6, 6.07) is 3.37. The molecule has 0 amide bonds. The van der Waals surface area contributed by atoms with E-state index in [1.54, 1.807) is 30.7 Å². The van der Waals surface area contributed by atoms with Gasteiger partial charge in [-0.3, -0.25) is 19.6 Å². The first kappa shape index (κ1) is 20.0. The maximum atomic E-state index is 10.9. The number of nitrogens with one attached hydrogen (secondary N) is 1. The van der Waals surface area contributed by atoms with E-state index in [9.17, 15) is 4.79 Å². The zero-order valence-corrected chi connectivity index (χ0v) is 17.3. The van der Waals surface area contributed by atoms with E-state index in [4.69, 9.17) is 37.8 Å². The maximum Gasteiger partial charge on any atom is 0.325 e. The Morgan fingerprint density at radius 3 is 2.50 bits per heavy atom. The number of hydrogen-bond acceptors (Lipinski definition) is 6. The molecule has 0 fully saturated rings. The normalized spacial score (nSPS) is 11.1. The van der Waals surface area contributed by atoms with Crippen molar-refractivity contribution in [2.75, 3.05) is 14.2 Å². The quantitative estimate of drug-likeness (QED) is 0.460. The summed E-state index contributed by atoms with van der Waals surface area (Å²) in [5.74, 6) is -0.165. The van der Waals surface area contributed by atoms with E-state index in [0.717, 1.165) is 5.39 Å². The molecule has 4 rings (SSSR count). The molecule has 0 atom stereocenters. The predicted molar refractivity (Wildman–Crippen MR) is 111 cm³/mol. The number of nitrogens with zero attached hydrogens (tertiary/aromatic N) is 4. The van der Waals surface area contributed by atoms with E-state index in [-0.39, 0.29) is 6.54 Å². The van der Waals surface area contributed by atoms with Crippen molar-refractivity contribution in [3.8, 4) is 34.0 Å². The van der Waals surface area contributed by atoms with E-state index in [1.165, 1.54) is 18.9 Å². The molecule has 0 aliphatic heterocycles. The molecule has 0 unspecified atom stereocenters. The molecule has 0 aliphatic carbocycles. The third-order valence-electron chi connectivity index (χ3n) is 4.48. The fourth-order valence-corrected chi connectivity index (χ4v) is 3.79. The zero-order valence-electron chi connectivity index (χ0n) is 15.8.